The Hall–Kier alpha value is -1.41. The van der Waals surface area contributed by atoms with Gasteiger partial charge in [0.05, 0.1) is 0 Å². The number of hydrogen-bond acceptors (Lipinski definition) is 4. The molecule has 0 aliphatic carbocycles. The van der Waals surface area contributed by atoms with E-state index in [-0.39, 0.29) is 0 Å². The van der Waals surface area contributed by atoms with E-state index in [1.54, 1.807) is 26.2 Å². The predicted octanol–water partition coefficient (Wildman–Crippen LogP) is 1.88. The Kier molecular flexibility index (Phi) is 8.11. The molecule has 1 aromatic rings. The normalized spacial score (nSPS) is 11.4. The van der Waals surface area contributed by atoms with Crippen molar-refractivity contribution in [3.8, 4) is 0 Å². The molecular formula is C15H26N2O4Si. The maximum atomic E-state index is 11.6. The van der Waals surface area contributed by atoms with Crippen LogP contribution < -0.4 is 5.73 Å². The number of rotatable bonds is 10. The molecule has 0 heterocycles. The Morgan fingerprint density at radius 3 is 2.18 bits per heavy atom. The van der Waals surface area contributed by atoms with E-state index in [1.807, 2.05) is 30.3 Å². The first-order valence-corrected chi connectivity index (χ1v) is 9.24. The van der Waals surface area contributed by atoms with Gasteiger partial charge in [0.15, 0.2) is 0 Å². The van der Waals surface area contributed by atoms with Crippen molar-refractivity contribution < 1.29 is 18.1 Å². The zero-order valence-electron chi connectivity index (χ0n) is 13.6. The molecule has 0 saturated carbocycles. The van der Waals surface area contributed by atoms with Gasteiger partial charge in [-0.05, 0) is 18.4 Å². The fourth-order valence-electron chi connectivity index (χ4n) is 2.28. The van der Waals surface area contributed by atoms with Crippen LogP contribution in [0.15, 0.2) is 30.3 Å². The molecular weight excluding hydrogens is 300 g/mol. The highest BCUT2D eigenvalue weighted by atomic mass is 28.4. The number of nitrogens with zero attached hydrogens (tertiary/aromatic N) is 1. The zero-order chi connectivity index (χ0) is 16.4. The van der Waals surface area contributed by atoms with Gasteiger partial charge in [-0.15, -0.1) is 0 Å². The second kappa shape index (κ2) is 9.57. The number of carbonyl (C=O) groups is 1. The van der Waals surface area contributed by atoms with Crippen LogP contribution in [0.2, 0.25) is 6.04 Å². The third kappa shape index (κ3) is 5.76. The molecule has 0 aliphatic rings. The van der Waals surface area contributed by atoms with Gasteiger partial charge in [0, 0.05) is 40.5 Å². The average Bonchev–Trinajstić information content (AvgIpc) is 2.55. The van der Waals surface area contributed by atoms with Crippen molar-refractivity contribution in [2.75, 3.05) is 34.4 Å². The number of primary amides is 1. The van der Waals surface area contributed by atoms with E-state index in [4.69, 9.17) is 19.0 Å². The maximum Gasteiger partial charge on any atom is 0.500 e. The Balaban J connectivity index is 2.46. The van der Waals surface area contributed by atoms with Gasteiger partial charge >= 0.3 is 14.8 Å². The summed E-state index contributed by atoms with van der Waals surface area (Å²) >= 11 is 0. The first-order valence-electron chi connectivity index (χ1n) is 7.30. The lowest BCUT2D eigenvalue weighted by Gasteiger charge is -2.26. The molecule has 6 nitrogen and oxygen atoms in total. The van der Waals surface area contributed by atoms with Crippen LogP contribution in [-0.2, 0) is 19.7 Å². The van der Waals surface area contributed by atoms with Crippen molar-refractivity contribution >= 4 is 14.8 Å². The number of hydrogen-bond donors (Lipinski definition) is 1. The Morgan fingerprint density at radius 2 is 1.68 bits per heavy atom. The van der Waals surface area contributed by atoms with Gasteiger partial charge in [0.25, 0.3) is 0 Å². The molecule has 0 unspecified atom stereocenters. The standard InChI is InChI=1S/C15H26N2O4Si/c1-19-22(20-2,21-3)13-7-11-17(15(16)18)12-10-14-8-5-4-6-9-14/h4-6,8-9H,7,10-13H2,1-3H3,(H2,16,18). The summed E-state index contributed by atoms with van der Waals surface area (Å²) in [5.74, 6) is 0. The zero-order valence-corrected chi connectivity index (χ0v) is 14.6. The van der Waals surface area contributed by atoms with Crippen molar-refractivity contribution in [2.24, 2.45) is 5.73 Å². The minimum absolute atomic E-state index is 0.407. The molecule has 0 aromatic heterocycles. The van der Waals surface area contributed by atoms with Crippen molar-refractivity contribution in [3.63, 3.8) is 0 Å². The average molecular weight is 326 g/mol. The fraction of sp³-hybridized carbons (Fsp3) is 0.533. The van der Waals surface area contributed by atoms with Crippen LogP contribution in [0.1, 0.15) is 12.0 Å². The van der Waals surface area contributed by atoms with Crippen LogP contribution in [0, 0.1) is 0 Å². The molecule has 0 atom stereocenters. The number of amides is 2. The molecule has 0 saturated heterocycles. The lowest BCUT2D eigenvalue weighted by molar-refractivity contribution is 0.121. The lowest BCUT2D eigenvalue weighted by Crippen LogP contribution is -2.44. The fourth-order valence-corrected chi connectivity index (χ4v) is 3.99. The number of benzene rings is 1. The topological polar surface area (TPSA) is 74.0 Å². The van der Waals surface area contributed by atoms with Crippen molar-refractivity contribution in [1.29, 1.82) is 0 Å². The molecule has 0 spiro atoms. The highest BCUT2D eigenvalue weighted by Gasteiger charge is 2.37. The quantitative estimate of drug-likeness (QED) is 0.666. The molecule has 0 bridgehead atoms. The SMILES string of the molecule is CO[Si](CCCN(CCc1ccccc1)C(N)=O)(OC)OC. The number of carbonyl (C=O) groups excluding carboxylic acids is 1. The molecule has 0 radical (unpaired) electrons. The van der Waals surface area contributed by atoms with Crippen LogP contribution in [0.5, 0.6) is 0 Å². The Morgan fingerprint density at radius 1 is 1.09 bits per heavy atom. The second-order valence-corrected chi connectivity index (χ2v) is 8.05. The molecule has 0 fully saturated rings. The van der Waals surface area contributed by atoms with Crippen LogP contribution in [0.25, 0.3) is 0 Å². The Labute approximate surface area is 133 Å². The molecule has 2 amide bonds. The van der Waals surface area contributed by atoms with E-state index in [0.29, 0.717) is 19.1 Å². The van der Waals surface area contributed by atoms with Crippen LogP contribution >= 0.6 is 0 Å². The molecule has 1 aromatic carbocycles. The van der Waals surface area contributed by atoms with E-state index < -0.39 is 14.8 Å². The van der Waals surface area contributed by atoms with Gasteiger partial charge < -0.3 is 23.9 Å². The van der Waals surface area contributed by atoms with Crippen LogP contribution in [0.3, 0.4) is 0 Å². The molecule has 2 N–H and O–H groups in total. The number of urea groups is 1. The minimum atomic E-state index is -2.58. The molecule has 7 heteroatoms. The summed E-state index contributed by atoms with van der Waals surface area (Å²) in [4.78, 5) is 13.2. The third-order valence-electron chi connectivity index (χ3n) is 3.67. The summed E-state index contributed by atoms with van der Waals surface area (Å²) in [5.41, 5.74) is 6.64. The molecule has 124 valence electrons. The largest absolute Gasteiger partial charge is 0.500 e. The van der Waals surface area contributed by atoms with E-state index in [2.05, 4.69) is 0 Å². The van der Waals surface area contributed by atoms with Crippen LogP contribution in [0.4, 0.5) is 4.79 Å². The maximum absolute atomic E-state index is 11.6. The lowest BCUT2D eigenvalue weighted by atomic mass is 10.1. The van der Waals surface area contributed by atoms with Gasteiger partial charge in [-0.2, -0.15) is 0 Å². The van der Waals surface area contributed by atoms with Gasteiger partial charge in [-0.25, -0.2) is 4.79 Å². The van der Waals surface area contributed by atoms with Gasteiger partial charge in [0.1, 0.15) is 0 Å². The summed E-state index contributed by atoms with van der Waals surface area (Å²) in [6, 6.07) is 10.3. The van der Waals surface area contributed by atoms with Crippen molar-refractivity contribution in [3.05, 3.63) is 35.9 Å². The van der Waals surface area contributed by atoms with Gasteiger partial charge in [-0.1, -0.05) is 30.3 Å². The third-order valence-corrected chi connectivity index (χ3v) is 6.50. The van der Waals surface area contributed by atoms with E-state index in [9.17, 15) is 4.79 Å². The van der Waals surface area contributed by atoms with Gasteiger partial charge in [-0.3, -0.25) is 0 Å². The predicted molar refractivity (Wildman–Crippen MR) is 87.5 cm³/mol. The molecule has 0 aliphatic heterocycles. The monoisotopic (exact) mass is 326 g/mol. The van der Waals surface area contributed by atoms with E-state index >= 15 is 0 Å². The summed E-state index contributed by atoms with van der Waals surface area (Å²) in [7, 11) is 2.17. The van der Waals surface area contributed by atoms with Crippen molar-refractivity contribution in [1.82, 2.24) is 4.90 Å². The summed E-state index contributed by atoms with van der Waals surface area (Å²) in [5, 5.41) is 0. The minimum Gasteiger partial charge on any atom is -0.377 e. The number of nitrogens with two attached hydrogens (primary N) is 1. The second-order valence-electron chi connectivity index (χ2n) is 4.96. The summed E-state index contributed by atoms with van der Waals surface area (Å²) < 4.78 is 16.1. The van der Waals surface area contributed by atoms with E-state index in [0.717, 1.165) is 12.8 Å². The van der Waals surface area contributed by atoms with E-state index in [1.165, 1.54) is 5.56 Å². The summed E-state index contributed by atoms with van der Waals surface area (Å²) in [6.07, 6.45) is 1.50. The molecule has 22 heavy (non-hydrogen) atoms. The molecule has 1 rings (SSSR count). The smallest absolute Gasteiger partial charge is 0.377 e. The first-order chi connectivity index (χ1) is 10.6. The van der Waals surface area contributed by atoms with Gasteiger partial charge in [0.2, 0.25) is 0 Å². The summed E-state index contributed by atoms with van der Waals surface area (Å²) in [6.45, 7) is 1.16. The van der Waals surface area contributed by atoms with Crippen LogP contribution in [-0.4, -0.2) is 54.2 Å². The highest BCUT2D eigenvalue weighted by molar-refractivity contribution is 6.60. The first kappa shape index (κ1) is 18.6. The van der Waals surface area contributed by atoms with Crippen molar-refractivity contribution in [2.45, 2.75) is 18.9 Å². The Bertz CT molecular complexity index is 432. The highest BCUT2D eigenvalue weighted by Crippen LogP contribution is 2.15.